The first kappa shape index (κ1) is 9.92. The summed E-state index contributed by atoms with van der Waals surface area (Å²) in [5.41, 5.74) is 0. The average Bonchev–Trinajstić information content (AvgIpc) is 1.87. The minimum absolute atomic E-state index is 0.765. The van der Waals surface area contributed by atoms with Crippen LogP contribution in [0.25, 0.3) is 0 Å². The van der Waals surface area contributed by atoms with Crippen molar-refractivity contribution in [2.24, 2.45) is 5.92 Å². The topological polar surface area (TPSA) is 24.1 Å². The van der Waals surface area contributed by atoms with Crippen LogP contribution in [0.3, 0.4) is 0 Å². The fourth-order valence-electron chi connectivity index (χ4n) is 0.744. The summed E-state index contributed by atoms with van der Waals surface area (Å²) >= 11 is 0. The van der Waals surface area contributed by atoms with Gasteiger partial charge in [0.05, 0.1) is 0 Å². The molecule has 0 aromatic carbocycles. The number of hydrogen-bond acceptors (Lipinski definition) is 2. The van der Waals surface area contributed by atoms with E-state index >= 15 is 0 Å². The van der Waals surface area contributed by atoms with Crippen molar-refractivity contribution >= 4 is 0 Å². The van der Waals surface area contributed by atoms with Crippen molar-refractivity contribution in [2.75, 3.05) is 26.2 Å². The van der Waals surface area contributed by atoms with Gasteiger partial charge in [-0.2, -0.15) is 0 Å². The number of nitrogens with one attached hydrogen (secondary N) is 2. The van der Waals surface area contributed by atoms with Crippen molar-refractivity contribution in [2.45, 2.75) is 20.8 Å². The molecule has 0 saturated carbocycles. The molecule has 0 aromatic rings. The van der Waals surface area contributed by atoms with Crippen molar-refractivity contribution in [1.82, 2.24) is 10.6 Å². The monoisotopic (exact) mass is 144 g/mol. The Morgan fingerprint density at radius 2 is 1.70 bits per heavy atom. The average molecular weight is 144 g/mol. The fourth-order valence-corrected chi connectivity index (χ4v) is 0.744. The quantitative estimate of drug-likeness (QED) is 0.540. The molecule has 0 spiro atoms. The third-order valence-electron chi connectivity index (χ3n) is 1.28. The predicted octanol–water partition coefficient (Wildman–Crippen LogP) is 0.841. The number of rotatable bonds is 6. The largest absolute Gasteiger partial charge is 0.316 e. The molecule has 0 fully saturated rings. The second-order valence-electron chi connectivity index (χ2n) is 2.95. The van der Waals surface area contributed by atoms with E-state index < -0.39 is 0 Å². The summed E-state index contributed by atoms with van der Waals surface area (Å²) in [5, 5.41) is 6.62. The summed E-state index contributed by atoms with van der Waals surface area (Å²) in [4.78, 5) is 0. The van der Waals surface area contributed by atoms with Crippen molar-refractivity contribution in [3.05, 3.63) is 0 Å². The maximum atomic E-state index is 3.36. The molecule has 62 valence electrons. The Labute approximate surface area is 64.4 Å². The van der Waals surface area contributed by atoms with Crippen LogP contribution in [0.2, 0.25) is 0 Å². The van der Waals surface area contributed by atoms with Crippen molar-refractivity contribution in [3.8, 4) is 0 Å². The van der Waals surface area contributed by atoms with Crippen LogP contribution in [0, 0.1) is 5.92 Å². The normalized spacial score (nSPS) is 10.8. The van der Waals surface area contributed by atoms with Gasteiger partial charge < -0.3 is 10.6 Å². The zero-order valence-corrected chi connectivity index (χ0v) is 7.41. The molecule has 0 atom stereocenters. The second-order valence-corrected chi connectivity index (χ2v) is 2.95. The lowest BCUT2D eigenvalue weighted by molar-refractivity contribution is 0.539. The minimum atomic E-state index is 0.765. The van der Waals surface area contributed by atoms with Gasteiger partial charge in [-0.15, -0.1) is 0 Å². The zero-order chi connectivity index (χ0) is 7.82. The van der Waals surface area contributed by atoms with Gasteiger partial charge in [0.2, 0.25) is 0 Å². The minimum Gasteiger partial charge on any atom is -0.316 e. The van der Waals surface area contributed by atoms with Crippen LogP contribution in [-0.4, -0.2) is 26.2 Å². The zero-order valence-electron chi connectivity index (χ0n) is 7.41. The maximum absolute atomic E-state index is 3.36. The van der Waals surface area contributed by atoms with Gasteiger partial charge in [0, 0.05) is 13.1 Å². The SMILES string of the molecule is CCNCCNCC(C)C. The molecular weight excluding hydrogens is 124 g/mol. The molecule has 0 aliphatic rings. The standard InChI is InChI=1S/C8H20N2/c1-4-9-5-6-10-7-8(2)3/h8-10H,4-7H2,1-3H3. The summed E-state index contributed by atoms with van der Waals surface area (Å²) in [6.07, 6.45) is 0. The van der Waals surface area contributed by atoms with E-state index in [4.69, 9.17) is 0 Å². The lowest BCUT2D eigenvalue weighted by Crippen LogP contribution is -2.29. The van der Waals surface area contributed by atoms with Gasteiger partial charge in [-0.1, -0.05) is 20.8 Å². The molecular formula is C8H20N2. The summed E-state index contributed by atoms with van der Waals surface area (Å²) in [5.74, 6) is 0.765. The van der Waals surface area contributed by atoms with E-state index in [1.54, 1.807) is 0 Å². The highest BCUT2D eigenvalue weighted by Crippen LogP contribution is 1.85. The van der Waals surface area contributed by atoms with Gasteiger partial charge in [-0.05, 0) is 19.0 Å². The van der Waals surface area contributed by atoms with E-state index in [1.807, 2.05) is 0 Å². The smallest absolute Gasteiger partial charge is 0.00768 e. The van der Waals surface area contributed by atoms with E-state index in [1.165, 1.54) is 0 Å². The maximum Gasteiger partial charge on any atom is 0.00768 e. The van der Waals surface area contributed by atoms with Crippen LogP contribution < -0.4 is 10.6 Å². The van der Waals surface area contributed by atoms with E-state index in [9.17, 15) is 0 Å². The van der Waals surface area contributed by atoms with Crippen LogP contribution >= 0.6 is 0 Å². The van der Waals surface area contributed by atoms with Crippen LogP contribution in [0.1, 0.15) is 20.8 Å². The van der Waals surface area contributed by atoms with E-state index in [0.717, 1.165) is 32.1 Å². The lowest BCUT2D eigenvalue weighted by Gasteiger charge is -2.06. The molecule has 0 aromatic heterocycles. The molecule has 0 radical (unpaired) electrons. The van der Waals surface area contributed by atoms with Gasteiger partial charge >= 0.3 is 0 Å². The van der Waals surface area contributed by atoms with E-state index in [-0.39, 0.29) is 0 Å². The highest BCUT2D eigenvalue weighted by molar-refractivity contribution is 4.52. The van der Waals surface area contributed by atoms with E-state index in [2.05, 4.69) is 31.4 Å². The molecule has 0 rings (SSSR count). The summed E-state index contributed by atoms with van der Waals surface area (Å²) in [6.45, 7) is 11.0. The van der Waals surface area contributed by atoms with Crippen LogP contribution in [0.4, 0.5) is 0 Å². The van der Waals surface area contributed by atoms with Gasteiger partial charge in [-0.3, -0.25) is 0 Å². The Morgan fingerprint density at radius 1 is 1.10 bits per heavy atom. The van der Waals surface area contributed by atoms with Crippen molar-refractivity contribution in [1.29, 1.82) is 0 Å². The second kappa shape index (κ2) is 7.03. The predicted molar refractivity (Wildman–Crippen MR) is 46.3 cm³/mol. The lowest BCUT2D eigenvalue weighted by atomic mass is 10.2. The molecule has 2 nitrogen and oxygen atoms in total. The molecule has 0 amide bonds. The molecule has 0 aliphatic heterocycles. The van der Waals surface area contributed by atoms with Crippen LogP contribution in [0.5, 0.6) is 0 Å². The molecule has 0 saturated heterocycles. The summed E-state index contributed by atoms with van der Waals surface area (Å²) in [6, 6.07) is 0. The first-order chi connectivity index (χ1) is 4.77. The van der Waals surface area contributed by atoms with Crippen LogP contribution in [-0.2, 0) is 0 Å². The van der Waals surface area contributed by atoms with Gasteiger partial charge in [0.1, 0.15) is 0 Å². The third-order valence-corrected chi connectivity index (χ3v) is 1.28. The Morgan fingerprint density at radius 3 is 2.20 bits per heavy atom. The highest BCUT2D eigenvalue weighted by atomic mass is 14.9. The third kappa shape index (κ3) is 7.92. The number of hydrogen-bond donors (Lipinski definition) is 2. The van der Waals surface area contributed by atoms with Crippen molar-refractivity contribution < 1.29 is 0 Å². The molecule has 0 unspecified atom stereocenters. The molecule has 2 N–H and O–H groups in total. The number of likely N-dealkylation sites (N-methyl/N-ethyl adjacent to an activating group) is 1. The first-order valence-electron chi connectivity index (χ1n) is 4.18. The Bertz CT molecular complexity index is 62.3. The molecule has 0 aliphatic carbocycles. The van der Waals surface area contributed by atoms with Crippen molar-refractivity contribution in [3.63, 3.8) is 0 Å². The highest BCUT2D eigenvalue weighted by Gasteiger charge is 1.90. The van der Waals surface area contributed by atoms with Crippen LogP contribution in [0.15, 0.2) is 0 Å². The van der Waals surface area contributed by atoms with Gasteiger partial charge in [0.25, 0.3) is 0 Å². The molecule has 0 bridgehead atoms. The van der Waals surface area contributed by atoms with Gasteiger partial charge in [-0.25, -0.2) is 0 Å². The first-order valence-corrected chi connectivity index (χ1v) is 4.18. The Hall–Kier alpha value is -0.0800. The molecule has 2 heteroatoms. The Balaban J connectivity index is 2.77. The summed E-state index contributed by atoms with van der Waals surface area (Å²) < 4.78 is 0. The molecule has 0 heterocycles. The van der Waals surface area contributed by atoms with Gasteiger partial charge in [0.15, 0.2) is 0 Å². The Kier molecular flexibility index (Phi) is 6.98. The van der Waals surface area contributed by atoms with E-state index in [0.29, 0.717) is 0 Å². The molecule has 10 heavy (non-hydrogen) atoms. The summed E-state index contributed by atoms with van der Waals surface area (Å²) in [7, 11) is 0. The fraction of sp³-hybridized carbons (Fsp3) is 1.00.